The Labute approximate surface area is 164 Å². The van der Waals surface area contributed by atoms with E-state index in [4.69, 9.17) is 9.47 Å². The van der Waals surface area contributed by atoms with Crippen molar-refractivity contribution in [3.05, 3.63) is 28.2 Å². The van der Waals surface area contributed by atoms with Crippen molar-refractivity contribution < 1.29 is 14.3 Å². The summed E-state index contributed by atoms with van der Waals surface area (Å²) in [5, 5.41) is 0. The zero-order chi connectivity index (χ0) is 18.9. The second kappa shape index (κ2) is 7.39. The van der Waals surface area contributed by atoms with E-state index in [9.17, 15) is 4.79 Å². The van der Waals surface area contributed by atoms with E-state index in [1.165, 1.54) is 5.56 Å². The van der Waals surface area contributed by atoms with Crippen molar-refractivity contribution in [2.24, 2.45) is 0 Å². The molecule has 1 spiro atoms. The Morgan fingerprint density at radius 2 is 2.00 bits per heavy atom. The summed E-state index contributed by atoms with van der Waals surface area (Å²) in [6.45, 7) is 11.8. The van der Waals surface area contributed by atoms with Gasteiger partial charge in [-0.25, -0.2) is 4.79 Å². The van der Waals surface area contributed by atoms with Crippen molar-refractivity contribution in [1.82, 2.24) is 9.80 Å². The number of amides is 1. The smallest absolute Gasteiger partial charge is 0.410 e. The number of carbonyl (C=O) groups is 1. The SMILES string of the molecule is CCOc1ccc(CN2CCN(C(=O)OC(C)(C)C)C3(CC3)C2)cc1Br. The van der Waals surface area contributed by atoms with Crippen molar-refractivity contribution in [2.75, 3.05) is 26.2 Å². The Balaban J connectivity index is 1.62. The third kappa shape index (κ3) is 4.52. The van der Waals surface area contributed by atoms with Gasteiger partial charge in [-0.2, -0.15) is 0 Å². The number of nitrogens with zero attached hydrogens (tertiary/aromatic N) is 2. The van der Waals surface area contributed by atoms with Gasteiger partial charge < -0.3 is 9.47 Å². The molecule has 1 aromatic carbocycles. The fourth-order valence-corrected chi connectivity index (χ4v) is 4.08. The molecule has 26 heavy (non-hydrogen) atoms. The zero-order valence-corrected chi connectivity index (χ0v) is 17.8. The van der Waals surface area contributed by atoms with Gasteiger partial charge >= 0.3 is 6.09 Å². The molecular weight excluding hydrogens is 396 g/mol. The summed E-state index contributed by atoms with van der Waals surface area (Å²) in [6.07, 6.45) is 1.96. The molecular formula is C20H29BrN2O3. The average Bonchev–Trinajstić information content (AvgIpc) is 3.28. The normalized spacial score (nSPS) is 19.5. The van der Waals surface area contributed by atoms with Gasteiger partial charge in [-0.15, -0.1) is 0 Å². The van der Waals surface area contributed by atoms with E-state index < -0.39 is 5.60 Å². The molecule has 1 saturated carbocycles. The molecule has 1 saturated heterocycles. The second-order valence-electron chi connectivity index (χ2n) is 8.26. The maximum absolute atomic E-state index is 12.5. The number of halogens is 1. The van der Waals surface area contributed by atoms with Crippen LogP contribution in [0.1, 0.15) is 46.1 Å². The van der Waals surface area contributed by atoms with Crippen LogP contribution in [-0.2, 0) is 11.3 Å². The van der Waals surface area contributed by atoms with Crippen LogP contribution in [-0.4, -0.2) is 53.3 Å². The van der Waals surface area contributed by atoms with E-state index in [-0.39, 0.29) is 11.6 Å². The molecule has 0 aromatic heterocycles. The van der Waals surface area contributed by atoms with Gasteiger partial charge in [0.2, 0.25) is 0 Å². The largest absolute Gasteiger partial charge is 0.493 e. The van der Waals surface area contributed by atoms with Crippen molar-refractivity contribution >= 4 is 22.0 Å². The van der Waals surface area contributed by atoms with Crippen LogP contribution in [0.15, 0.2) is 22.7 Å². The number of hydrogen-bond donors (Lipinski definition) is 0. The summed E-state index contributed by atoms with van der Waals surface area (Å²) in [7, 11) is 0. The summed E-state index contributed by atoms with van der Waals surface area (Å²) < 4.78 is 12.2. The summed E-state index contributed by atoms with van der Waals surface area (Å²) in [4.78, 5) is 16.9. The monoisotopic (exact) mass is 424 g/mol. The van der Waals surface area contributed by atoms with Crippen molar-refractivity contribution in [1.29, 1.82) is 0 Å². The molecule has 0 atom stereocenters. The van der Waals surface area contributed by atoms with Crippen molar-refractivity contribution in [3.8, 4) is 5.75 Å². The van der Waals surface area contributed by atoms with Gasteiger partial charge in [0.25, 0.3) is 0 Å². The fraction of sp³-hybridized carbons (Fsp3) is 0.650. The number of ether oxygens (including phenoxy) is 2. The van der Waals surface area contributed by atoms with Gasteiger partial charge in [0.05, 0.1) is 16.6 Å². The van der Waals surface area contributed by atoms with E-state index in [1.807, 2.05) is 38.7 Å². The van der Waals surface area contributed by atoms with E-state index in [1.54, 1.807) is 0 Å². The summed E-state index contributed by atoms with van der Waals surface area (Å²) >= 11 is 3.59. The lowest BCUT2D eigenvalue weighted by molar-refractivity contribution is -0.00808. The third-order valence-corrected chi connectivity index (χ3v) is 5.49. The standard InChI is InChI=1S/C20H29BrN2O3/c1-5-25-17-7-6-15(12-16(17)21)13-22-10-11-23(20(14-22)8-9-20)18(24)26-19(2,3)4/h6-7,12H,5,8-11,13-14H2,1-4H3. The first-order valence-electron chi connectivity index (χ1n) is 9.37. The lowest BCUT2D eigenvalue weighted by atomic mass is 10.1. The predicted molar refractivity (Wildman–Crippen MR) is 105 cm³/mol. The van der Waals surface area contributed by atoms with Crippen LogP contribution in [0.4, 0.5) is 4.79 Å². The lowest BCUT2D eigenvalue weighted by Gasteiger charge is -2.42. The van der Waals surface area contributed by atoms with Crippen LogP contribution in [0.25, 0.3) is 0 Å². The molecule has 1 amide bonds. The first kappa shape index (κ1) is 19.5. The van der Waals surface area contributed by atoms with E-state index in [0.717, 1.165) is 49.2 Å². The van der Waals surface area contributed by atoms with E-state index in [0.29, 0.717) is 6.61 Å². The van der Waals surface area contributed by atoms with Gasteiger partial charge in [-0.3, -0.25) is 9.80 Å². The summed E-state index contributed by atoms with van der Waals surface area (Å²) in [5.41, 5.74) is 0.781. The van der Waals surface area contributed by atoms with Crippen LogP contribution in [0, 0.1) is 0 Å². The first-order chi connectivity index (χ1) is 12.2. The molecule has 1 aromatic rings. The topological polar surface area (TPSA) is 42.0 Å². The van der Waals surface area contributed by atoms with Crippen LogP contribution in [0.5, 0.6) is 5.75 Å². The predicted octanol–water partition coefficient (Wildman–Crippen LogP) is 4.43. The molecule has 2 aliphatic rings. The third-order valence-electron chi connectivity index (χ3n) is 4.87. The van der Waals surface area contributed by atoms with Crippen molar-refractivity contribution in [3.63, 3.8) is 0 Å². The molecule has 144 valence electrons. The van der Waals surface area contributed by atoms with Gasteiger partial charge in [0, 0.05) is 26.2 Å². The highest BCUT2D eigenvalue weighted by Gasteiger charge is 2.54. The lowest BCUT2D eigenvalue weighted by Crippen LogP contribution is -2.57. The Kier molecular flexibility index (Phi) is 5.54. The molecule has 0 unspecified atom stereocenters. The molecule has 1 aliphatic carbocycles. The maximum atomic E-state index is 12.5. The summed E-state index contributed by atoms with van der Waals surface area (Å²) in [5.74, 6) is 0.879. The molecule has 0 N–H and O–H groups in total. The van der Waals surface area contributed by atoms with Crippen molar-refractivity contribution in [2.45, 2.75) is 58.2 Å². The Morgan fingerprint density at radius 1 is 1.27 bits per heavy atom. The van der Waals surface area contributed by atoms with E-state index in [2.05, 4.69) is 33.0 Å². The molecule has 1 aliphatic heterocycles. The van der Waals surface area contributed by atoms with Gasteiger partial charge in [-0.1, -0.05) is 6.07 Å². The zero-order valence-electron chi connectivity index (χ0n) is 16.2. The minimum atomic E-state index is -0.446. The summed E-state index contributed by atoms with van der Waals surface area (Å²) in [6, 6.07) is 6.27. The molecule has 1 heterocycles. The van der Waals surface area contributed by atoms with Crippen LogP contribution in [0.2, 0.25) is 0 Å². The number of carbonyl (C=O) groups excluding carboxylic acids is 1. The Morgan fingerprint density at radius 3 is 2.58 bits per heavy atom. The van der Waals surface area contributed by atoms with E-state index >= 15 is 0 Å². The molecule has 0 bridgehead atoms. The van der Waals surface area contributed by atoms with Gasteiger partial charge in [0.1, 0.15) is 11.4 Å². The highest BCUT2D eigenvalue weighted by atomic mass is 79.9. The maximum Gasteiger partial charge on any atom is 0.410 e. The van der Waals surface area contributed by atoms with Crippen LogP contribution >= 0.6 is 15.9 Å². The minimum absolute atomic E-state index is 0.0247. The molecule has 0 radical (unpaired) electrons. The number of rotatable bonds is 4. The van der Waals surface area contributed by atoms with Gasteiger partial charge in [0.15, 0.2) is 0 Å². The quantitative estimate of drug-likeness (QED) is 0.716. The molecule has 3 rings (SSSR count). The van der Waals surface area contributed by atoms with Gasteiger partial charge in [-0.05, 0) is 74.2 Å². The molecule has 6 heteroatoms. The fourth-order valence-electron chi connectivity index (χ4n) is 3.54. The Hall–Kier alpha value is -1.27. The highest BCUT2D eigenvalue weighted by molar-refractivity contribution is 9.10. The minimum Gasteiger partial charge on any atom is -0.493 e. The number of piperazine rings is 1. The first-order valence-corrected chi connectivity index (χ1v) is 10.2. The molecule has 2 fully saturated rings. The Bertz CT molecular complexity index is 668. The molecule has 5 nitrogen and oxygen atoms in total. The average molecular weight is 425 g/mol. The van der Waals surface area contributed by atoms with Crippen LogP contribution in [0.3, 0.4) is 0 Å². The number of benzene rings is 1. The highest BCUT2D eigenvalue weighted by Crippen LogP contribution is 2.45. The van der Waals surface area contributed by atoms with Crippen LogP contribution < -0.4 is 4.74 Å². The number of hydrogen-bond acceptors (Lipinski definition) is 4. The second-order valence-corrected chi connectivity index (χ2v) is 9.12.